The fourth-order valence-electron chi connectivity index (χ4n) is 6.78. The van der Waals surface area contributed by atoms with Crippen LogP contribution in [0.5, 0.6) is 5.75 Å². The molecule has 0 saturated heterocycles. The predicted molar refractivity (Wildman–Crippen MR) is 137 cm³/mol. The molecule has 34 heavy (non-hydrogen) atoms. The molecule has 2 atom stereocenters. The fourth-order valence-corrected chi connectivity index (χ4v) is 6.78. The van der Waals surface area contributed by atoms with E-state index in [1.165, 1.54) is 51.4 Å². The van der Waals surface area contributed by atoms with Gasteiger partial charge in [-0.15, -0.1) is 0 Å². The van der Waals surface area contributed by atoms with Crippen LogP contribution in [0, 0.1) is 41.2 Å². The first kappa shape index (κ1) is 25.5. The molecule has 2 saturated carbocycles. The summed E-state index contributed by atoms with van der Waals surface area (Å²) in [5.41, 5.74) is 0.522. The van der Waals surface area contributed by atoms with Gasteiger partial charge in [0.25, 0.3) is 0 Å². The molecule has 1 nitrogen and oxygen atoms in total. The number of rotatable bonds is 8. The van der Waals surface area contributed by atoms with Crippen LogP contribution < -0.4 is 4.74 Å². The fraction of sp³-hybridized carbons (Fsp3) is 0.677. The summed E-state index contributed by atoms with van der Waals surface area (Å²) in [7, 11) is 0. The van der Waals surface area contributed by atoms with Gasteiger partial charge >= 0.3 is 0 Å². The first-order valence-corrected chi connectivity index (χ1v) is 14.1. The van der Waals surface area contributed by atoms with Gasteiger partial charge in [-0.05, 0) is 105 Å². The van der Waals surface area contributed by atoms with Crippen molar-refractivity contribution in [2.45, 2.75) is 96.8 Å². The number of halogens is 2. The van der Waals surface area contributed by atoms with Gasteiger partial charge in [0.1, 0.15) is 0 Å². The molecule has 3 aliphatic rings. The van der Waals surface area contributed by atoms with E-state index >= 15 is 0 Å². The molecule has 188 valence electrons. The molecule has 0 heterocycles. The van der Waals surface area contributed by atoms with Crippen molar-refractivity contribution in [2.75, 3.05) is 6.61 Å². The van der Waals surface area contributed by atoms with E-state index in [0.29, 0.717) is 24.0 Å². The van der Waals surface area contributed by atoms with Crippen LogP contribution >= 0.6 is 0 Å². The Balaban J connectivity index is 1.23. The Morgan fingerprint density at radius 3 is 2.24 bits per heavy atom. The van der Waals surface area contributed by atoms with Gasteiger partial charge in [0.05, 0.1) is 6.61 Å². The molecule has 0 spiro atoms. The third-order valence-corrected chi connectivity index (χ3v) is 8.85. The van der Waals surface area contributed by atoms with E-state index in [1.807, 2.05) is 0 Å². The molecule has 0 N–H and O–H groups in total. The Bertz CT molecular complexity index is 828. The first-order valence-electron chi connectivity index (χ1n) is 14.1. The summed E-state index contributed by atoms with van der Waals surface area (Å²) in [6.07, 6.45) is 24.9. The minimum Gasteiger partial charge on any atom is -0.491 e. The molecule has 3 heteroatoms. The Hall–Kier alpha value is -1.64. The molecule has 2 unspecified atom stereocenters. The molecule has 2 fully saturated rings. The van der Waals surface area contributed by atoms with Crippen molar-refractivity contribution >= 4 is 0 Å². The molecule has 0 aromatic heterocycles. The highest BCUT2D eigenvalue weighted by Gasteiger charge is 2.28. The average Bonchev–Trinajstić information content (AvgIpc) is 2.87. The van der Waals surface area contributed by atoms with Gasteiger partial charge in [-0.2, -0.15) is 4.39 Å². The van der Waals surface area contributed by atoms with E-state index in [1.54, 1.807) is 19.1 Å². The highest BCUT2D eigenvalue weighted by atomic mass is 19.2. The maximum absolute atomic E-state index is 14.6. The number of benzene rings is 1. The van der Waals surface area contributed by atoms with Gasteiger partial charge in [-0.1, -0.05) is 63.0 Å². The van der Waals surface area contributed by atoms with Crippen molar-refractivity contribution in [3.8, 4) is 5.75 Å². The lowest BCUT2D eigenvalue weighted by Gasteiger charge is -2.34. The zero-order valence-corrected chi connectivity index (χ0v) is 21.3. The number of hydrogen-bond acceptors (Lipinski definition) is 1. The molecule has 4 rings (SSSR count). The summed E-state index contributed by atoms with van der Waals surface area (Å²) in [4.78, 5) is 0. The van der Waals surface area contributed by atoms with Gasteiger partial charge < -0.3 is 4.74 Å². The summed E-state index contributed by atoms with van der Waals surface area (Å²) in [6, 6.07) is 3.31. The van der Waals surface area contributed by atoms with Gasteiger partial charge in [0.15, 0.2) is 11.6 Å². The van der Waals surface area contributed by atoms with Crippen molar-refractivity contribution in [3.05, 3.63) is 53.6 Å². The van der Waals surface area contributed by atoms with Crippen LogP contribution in [0.4, 0.5) is 8.78 Å². The maximum Gasteiger partial charge on any atom is 0.200 e. The van der Waals surface area contributed by atoms with Crippen LogP contribution in [0.2, 0.25) is 0 Å². The van der Waals surface area contributed by atoms with Gasteiger partial charge in [-0.3, -0.25) is 0 Å². The van der Waals surface area contributed by atoms with Crippen molar-refractivity contribution in [1.29, 1.82) is 0 Å². The first-order chi connectivity index (χ1) is 16.6. The van der Waals surface area contributed by atoms with Gasteiger partial charge in [0.2, 0.25) is 5.82 Å². The molecule has 0 radical (unpaired) electrons. The monoisotopic (exact) mass is 470 g/mol. The molecule has 3 aliphatic carbocycles. The molecule has 0 aliphatic heterocycles. The van der Waals surface area contributed by atoms with E-state index in [0.717, 1.165) is 43.4 Å². The van der Waals surface area contributed by atoms with E-state index in [-0.39, 0.29) is 11.7 Å². The van der Waals surface area contributed by atoms with Crippen LogP contribution in [-0.2, 0) is 0 Å². The Kier molecular flexibility index (Phi) is 9.25. The average molecular weight is 471 g/mol. The molecule has 1 aromatic rings. The van der Waals surface area contributed by atoms with E-state index in [9.17, 15) is 8.78 Å². The largest absolute Gasteiger partial charge is 0.491 e. The molecular formula is C31H44F2O. The van der Waals surface area contributed by atoms with Gasteiger partial charge in [-0.25, -0.2) is 4.39 Å². The zero-order valence-electron chi connectivity index (χ0n) is 21.3. The lowest BCUT2D eigenvalue weighted by atomic mass is 9.71. The minimum absolute atomic E-state index is 0.0207. The highest BCUT2D eigenvalue weighted by Crippen LogP contribution is 2.41. The van der Waals surface area contributed by atoms with Crippen molar-refractivity contribution < 1.29 is 13.5 Å². The molecular weight excluding hydrogens is 426 g/mol. The van der Waals surface area contributed by atoms with Crippen molar-refractivity contribution in [2.24, 2.45) is 29.6 Å². The summed E-state index contributed by atoms with van der Waals surface area (Å²) in [6.45, 7) is 4.43. The summed E-state index contributed by atoms with van der Waals surface area (Å²) < 4.78 is 34.1. The topological polar surface area (TPSA) is 9.23 Å². The van der Waals surface area contributed by atoms with E-state index in [2.05, 4.69) is 31.2 Å². The number of ether oxygens (including phenoxy) is 1. The normalized spacial score (nSPS) is 32.2. The van der Waals surface area contributed by atoms with Crippen LogP contribution in [0.1, 0.15) is 102 Å². The van der Waals surface area contributed by atoms with Crippen LogP contribution in [0.25, 0.3) is 0 Å². The summed E-state index contributed by atoms with van der Waals surface area (Å²) in [5, 5.41) is 0. The third kappa shape index (κ3) is 6.32. The Morgan fingerprint density at radius 1 is 0.824 bits per heavy atom. The van der Waals surface area contributed by atoms with Crippen LogP contribution in [0.15, 0.2) is 36.4 Å². The second kappa shape index (κ2) is 12.4. The molecule has 1 aromatic carbocycles. The van der Waals surface area contributed by atoms with E-state index in [4.69, 9.17) is 4.74 Å². The molecule has 0 bridgehead atoms. The third-order valence-electron chi connectivity index (χ3n) is 8.85. The minimum atomic E-state index is -0.835. The Labute approximate surface area is 206 Å². The van der Waals surface area contributed by atoms with Crippen LogP contribution in [-0.4, -0.2) is 6.61 Å². The quantitative estimate of drug-likeness (QED) is 0.344. The number of hydrogen-bond donors (Lipinski definition) is 0. The van der Waals surface area contributed by atoms with Gasteiger partial charge in [0, 0.05) is 0 Å². The lowest BCUT2D eigenvalue weighted by Crippen LogP contribution is -2.23. The van der Waals surface area contributed by atoms with Crippen molar-refractivity contribution in [1.82, 2.24) is 0 Å². The Morgan fingerprint density at radius 2 is 1.59 bits per heavy atom. The van der Waals surface area contributed by atoms with E-state index < -0.39 is 11.6 Å². The number of allylic oxidation sites excluding steroid dienone is 4. The predicted octanol–water partition coefficient (Wildman–Crippen LogP) is 9.38. The SMILES string of the molecule is CCCC1CCC(C2C=CC(/C=C/C3CCC(c4ccc(OCC)c(F)c4F)CC3)CC2)CC1. The summed E-state index contributed by atoms with van der Waals surface area (Å²) in [5.74, 6) is 2.41. The second-order valence-electron chi connectivity index (χ2n) is 11.1. The molecule has 0 amide bonds. The van der Waals surface area contributed by atoms with Crippen molar-refractivity contribution in [3.63, 3.8) is 0 Å². The van der Waals surface area contributed by atoms with Crippen LogP contribution in [0.3, 0.4) is 0 Å². The zero-order chi connectivity index (χ0) is 23.9. The standard InChI is InChI=1S/C31H44F2O/c1-3-5-22-8-14-25(15-9-22)26-16-10-23(11-17-26)6-7-24-12-18-27(19-13-24)28-20-21-29(34-4-2)31(33)30(28)32/h6-7,10,16,20-27H,3-5,8-9,11-15,17-19H2,1-2H3/b7-6+. The maximum atomic E-state index is 14.6. The summed E-state index contributed by atoms with van der Waals surface area (Å²) >= 11 is 0. The lowest BCUT2D eigenvalue weighted by molar-refractivity contribution is 0.207. The highest BCUT2D eigenvalue weighted by molar-refractivity contribution is 5.33. The second-order valence-corrected chi connectivity index (χ2v) is 11.1. The smallest absolute Gasteiger partial charge is 0.200 e.